The highest BCUT2D eigenvalue weighted by Crippen LogP contribution is 2.32. The highest BCUT2D eigenvalue weighted by atomic mass is 35.5. The Morgan fingerprint density at radius 3 is 2.63 bits per heavy atom. The molecule has 2 aromatic carbocycles. The number of rotatable bonds is 5. The van der Waals surface area contributed by atoms with Gasteiger partial charge in [0.05, 0.1) is 30.9 Å². The minimum absolute atomic E-state index is 0.0551. The van der Waals surface area contributed by atoms with E-state index in [1.54, 1.807) is 25.3 Å². The fourth-order valence-corrected chi connectivity index (χ4v) is 3.74. The first-order chi connectivity index (χ1) is 13.0. The molecular weight excluding hydrogens is 364 g/mol. The summed E-state index contributed by atoms with van der Waals surface area (Å²) < 4.78 is 11.2. The van der Waals surface area contributed by atoms with Crippen LogP contribution in [0.5, 0.6) is 5.75 Å². The first-order valence-electron chi connectivity index (χ1n) is 8.97. The highest BCUT2D eigenvalue weighted by molar-refractivity contribution is 6.32. The summed E-state index contributed by atoms with van der Waals surface area (Å²) in [5.41, 5.74) is 1.62. The molecule has 1 saturated heterocycles. The lowest BCUT2D eigenvalue weighted by Gasteiger charge is -2.42. The Balaban J connectivity index is 1.95. The molecule has 1 aliphatic heterocycles. The largest absolute Gasteiger partial charge is 0.495 e. The molecule has 5 nitrogen and oxygen atoms in total. The Kier molecular flexibility index (Phi) is 6.37. The Labute approximate surface area is 165 Å². The number of carbonyl (C=O) groups is 1. The van der Waals surface area contributed by atoms with Crippen LogP contribution in [0.25, 0.3) is 0 Å². The zero-order chi connectivity index (χ0) is 19.4. The minimum atomic E-state index is -0.157. The second-order valence-electron chi connectivity index (χ2n) is 6.87. The van der Waals surface area contributed by atoms with Gasteiger partial charge in [-0.05, 0) is 37.9 Å². The van der Waals surface area contributed by atoms with Gasteiger partial charge in [-0.1, -0.05) is 41.9 Å². The van der Waals surface area contributed by atoms with Gasteiger partial charge in [0.25, 0.3) is 5.91 Å². The Morgan fingerprint density at radius 1 is 1.26 bits per heavy atom. The molecule has 27 heavy (non-hydrogen) atoms. The number of nitrogens with zero attached hydrogens (tertiary/aromatic N) is 2. The fraction of sp³-hybridized carbons (Fsp3) is 0.381. The van der Waals surface area contributed by atoms with Crippen molar-refractivity contribution in [3.05, 3.63) is 64.7 Å². The summed E-state index contributed by atoms with van der Waals surface area (Å²) in [5, 5.41) is 0.428. The number of methoxy groups -OCH3 is 1. The topological polar surface area (TPSA) is 42.0 Å². The molecule has 0 aromatic heterocycles. The van der Waals surface area contributed by atoms with Gasteiger partial charge in [0.15, 0.2) is 0 Å². The van der Waals surface area contributed by atoms with Crippen molar-refractivity contribution < 1.29 is 14.3 Å². The number of carbonyl (C=O) groups excluding carboxylic acids is 1. The van der Waals surface area contributed by atoms with Crippen LogP contribution in [0.15, 0.2) is 48.5 Å². The van der Waals surface area contributed by atoms with Crippen LogP contribution in [0, 0.1) is 0 Å². The summed E-state index contributed by atoms with van der Waals surface area (Å²) in [6.07, 6.45) is -0.103. The molecule has 1 heterocycles. The maximum absolute atomic E-state index is 13.3. The van der Waals surface area contributed by atoms with Gasteiger partial charge >= 0.3 is 0 Å². The molecule has 0 spiro atoms. The van der Waals surface area contributed by atoms with E-state index in [0.717, 1.165) is 12.1 Å². The number of hydrogen-bond donors (Lipinski definition) is 0. The normalized spacial score (nSPS) is 20.0. The van der Waals surface area contributed by atoms with E-state index in [0.29, 0.717) is 29.5 Å². The summed E-state index contributed by atoms with van der Waals surface area (Å²) in [6, 6.07) is 15.0. The van der Waals surface area contributed by atoms with Gasteiger partial charge in [0.1, 0.15) is 5.75 Å². The van der Waals surface area contributed by atoms with Crippen molar-refractivity contribution in [2.75, 3.05) is 40.9 Å². The summed E-state index contributed by atoms with van der Waals surface area (Å²) in [5.74, 6) is 0.501. The highest BCUT2D eigenvalue weighted by Gasteiger charge is 2.37. The van der Waals surface area contributed by atoms with Crippen molar-refractivity contribution >= 4 is 17.5 Å². The van der Waals surface area contributed by atoms with Crippen molar-refractivity contribution in [3.8, 4) is 5.75 Å². The van der Waals surface area contributed by atoms with E-state index < -0.39 is 0 Å². The molecule has 0 unspecified atom stereocenters. The minimum Gasteiger partial charge on any atom is -0.495 e. The van der Waals surface area contributed by atoms with Crippen LogP contribution in [0.2, 0.25) is 5.02 Å². The van der Waals surface area contributed by atoms with Gasteiger partial charge in [0, 0.05) is 18.7 Å². The monoisotopic (exact) mass is 388 g/mol. The van der Waals surface area contributed by atoms with Crippen molar-refractivity contribution in [3.63, 3.8) is 0 Å². The molecule has 0 radical (unpaired) electrons. The molecular formula is C21H25ClN2O3. The summed E-state index contributed by atoms with van der Waals surface area (Å²) >= 11 is 6.24. The van der Waals surface area contributed by atoms with Gasteiger partial charge < -0.3 is 19.3 Å². The predicted molar refractivity (Wildman–Crippen MR) is 107 cm³/mol. The van der Waals surface area contributed by atoms with Crippen molar-refractivity contribution in [2.24, 2.45) is 0 Å². The van der Waals surface area contributed by atoms with Crippen LogP contribution < -0.4 is 4.74 Å². The Bertz CT molecular complexity index is 782. The van der Waals surface area contributed by atoms with E-state index in [1.807, 2.05) is 49.3 Å². The molecule has 1 amide bonds. The molecule has 0 aliphatic carbocycles. The van der Waals surface area contributed by atoms with Crippen molar-refractivity contribution in [2.45, 2.75) is 12.1 Å². The standard InChI is InChI=1S/C21H25ClN2O3/c1-23(2)14-19-20(15-7-5-4-6-8-15)24(11-12-27-19)21(25)16-9-10-18(26-3)17(22)13-16/h4-10,13,19-20H,11-12,14H2,1-3H3/t19-,20-/m0/s1. The van der Waals surface area contributed by atoms with Gasteiger partial charge in [0.2, 0.25) is 0 Å². The van der Waals surface area contributed by atoms with Crippen LogP contribution in [0.4, 0.5) is 0 Å². The van der Waals surface area contributed by atoms with E-state index in [1.165, 1.54) is 0 Å². The summed E-state index contributed by atoms with van der Waals surface area (Å²) in [6.45, 7) is 1.77. The third kappa shape index (κ3) is 4.43. The van der Waals surface area contributed by atoms with Crippen molar-refractivity contribution in [1.82, 2.24) is 9.80 Å². The average Bonchev–Trinajstić information content (AvgIpc) is 2.67. The van der Waals surface area contributed by atoms with E-state index in [9.17, 15) is 4.79 Å². The number of halogens is 1. The zero-order valence-corrected chi connectivity index (χ0v) is 16.6. The smallest absolute Gasteiger partial charge is 0.254 e. The lowest BCUT2D eigenvalue weighted by atomic mass is 9.96. The van der Waals surface area contributed by atoms with Crippen molar-refractivity contribution in [1.29, 1.82) is 0 Å². The van der Waals surface area contributed by atoms with Crippen LogP contribution >= 0.6 is 11.6 Å². The van der Waals surface area contributed by atoms with Crippen LogP contribution in [0.3, 0.4) is 0 Å². The van der Waals surface area contributed by atoms with Gasteiger partial charge in [-0.2, -0.15) is 0 Å². The SMILES string of the molecule is COc1ccc(C(=O)N2CCO[C@@H](CN(C)C)[C@@H]2c2ccccc2)cc1Cl. The number of hydrogen-bond acceptors (Lipinski definition) is 4. The maximum Gasteiger partial charge on any atom is 0.254 e. The summed E-state index contributed by atoms with van der Waals surface area (Å²) in [4.78, 5) is 17.3. The fourth-order valence-electron chi connectivity index (χ4n) is 3.48. The number of amides is 1. The number of morpholine rings is 1. The molecule has 1 fully saturated rings. The third-order valence-electron chi connectivity index (χ3n) is 4.70. The zero-order valence-electron chi connectivity index (χ0n) is 15.9. The quantitative estimate of drug-likeness (QED) is 0.786. The number of benzene rings is 2. The molecule has 0 saturated carbocycles. The molecule has 3 rings (SSSR count). The van der Waals surface area contributed by atoms with Crippen LogP contribution in [0.1, 0.15) is 22.0 Å². The van der Waals surface area contributed by atoms with E-state index in [4.69, 9.17) is 21.1 Å². The van der Waals surface area contributed by atoms with E-state index >= 15 is 0 Å². The Morgan fingerprint density at radius 2 is 2.00 bits per heavy atom. The van der Waals surface area contributed by atoms with Gasteiger partial charge in [-0.3, -0.25) is 4.79 Å². The second kappa shape index (κ2) is 8.74. The van der Waals surface area contributed by atoms with E-state index in [-0.39, 0.29) is 18.1 Å². The first-order valence-corrected chi connectivity index (χ1v) is 9.35. The van der Waals surface area contributed by atoms with Gasteiger partial charge in [-0.25, -0.2) is 0 Å². The molecule has 144 valence electrons. The van der Waals surface area contributed by atoms with Crippen LogP contribution in [-0.2, 0) is 4.74 Å². The molecule has 2 aromatic rings. The molecule has 6 heteroatoms. The second-order valence-corrected chi connectivity index (χ2v) is 7.28. The Hall–Kier alpha value is -2.08. The molecule has 0 bridgehead atoms. The molecule has 1 aliphatic rings. The van der Waals surface area contributed by atoms with Crippen LogP contribution in [-0.4, -0.2) is 62.7 Å². The van der Waals surface area contributed by atoms with E-state index in [2.05, 4.69) is 4.90 Å². The molecule has 2 atom stereocenters. The lowest BCUT2D eigenvalue weighted by Crippen LogP contribution is -2.51. The lowest BCUT2D eigenvalue weighted by molar-refractivity contribution is -0.0684. The first kappa shape index (κ1) is 19.7. The third-order valence-corrected chi connectivity index (χ3v) is 4.99. The predicted octanol–water partition coefficient (Wildman–Crippen LogP) is 3.49. The number of likely N-dealkylation sites (N-methyl/N-ethyl adjacent to an activating group) is 1. The average molecular weight is 389 g/mol. The summed E-state index contributed by atoms with van der Waals surface area (Å²) in [7, 11) is 5.58. The maximum atomic E-state index is 13.3. The number of ether oxygens (including phenoxy) is 2. The molecule has 0 N–H and O–H groups in total. The van der Waals surface area contributed by atoms with Gasteiger partial charge in [-0.15, -0.1) is 0 Å².